The molecular weight excluding hydrogens is 442 g/mol. The lowest BCUT2D eigenvalue weighted by Gasteiger charge is -2.12. The van der Waals surface area contributed by atoms with Crippen LogP contribution in [0.3, 0.4) is 0 Å². The smallest absolute Gasteiger partial charge is 0.266 e. The molecule has 7 heteroatoms. The van der Waals surface area contributed by atoms with Crippen LogP contribution >= 0.6 is 24.0 Å². The van der Waals surface area contributed by atoms with Crippen molar-refractivity contribution in [3.8, 4) is 17.2 Å². The molecule has 0 N–H and O–H groups in total. The first-order chi connectivity index (χ1) is 15.5. The summed E-state index contributed by atoms with van der Waals surface area (Å²) in [6, 6.07) is 13.4. The molecule has 1 amide bonds. The molecular formula is C25H25NO4S2. The Bertz CT molecular complexity index is 1050. The normalized spacial score (nSPS) is 14.5. The van der Waals surface area contributed by atoms with Crippen LogP contribution in [0.1, 0.15) is 11.1 Å². The highest BCUT2D eigenvalue weighted by molar-refractivity contribution is 8.26. The summed E-state index contributed by atoms with van der Waals surface area (Å²) in [4.78, 5) is 14.6. The standard InChI is InChI=1S/C25H25NO4S2/c1-4-7-18-10-11-21(22(16-18)28-3)30-14-13-29-20-9-6-8-19(15-20)17-23-24(27)26(12-5-2)25(31)32-23/h4-6,8-11,15-17H,1-2,7,12-14H2,3H3. The molecule has 1 fully saturated rings. The summed E-state index contributed by atoms with van der Waals surface area (Å²) in [7, 11) is 1.62. The van der Waals surface area contributed by atoms with Gasteiger partial charge in [-0.2, -0.15) is 0 Å². The van der Waals surface area contributed by atoms with E-state index in [-0.39, 0.29) is 5.91 Å². The number of benzene rings is 2. The third kappa shape index (κ3) is 6.02. The molecule has 0 bridgehead atoms. The van der Waals surface area contributed by atoms with Gasteiger partial charge in [-0.15, -0.1) is 13.2 Å². The Morgan fingerprint density at radius 2 is 1.88 bits per heavy atom. The van der Waals surface area contributed by atoms with Crippen LogP contribution in [0, 0.1) is 0 Å². The highest BCUT2D eigenvalue weighted by Gasteiger charge is 2.30. The highest BCUT2D eigenvalue weighted by Crippen LogP contribution is 2.33. The van der Waals surface area contributed by atoms with Gasteiger partial charge >= 0.3 is 0 Å². The molecule has 1 saturated heterocycles. The summed E-state index contributed by atoms with van der Waals surface area (Å²) >= 11 is 6.57. The van der Waals surface area contributed by atoms with E-state index in [0.29, 0.717) is 46.2 Å². The predicted octanol–water partition coefficient (Wildman–Crippen LogP) is 5.27. The van der Waals surface area contributed by atoms with Crippen molar-refractivity contribution in [2.24, 2.45) is 0 Å². The maximum absolute atomic E-state index is 12.5. The Kier molecular flexibility index (Phi) is 8.53. The molecule has 1 aliphatic heterocycles. The monoisotopic (exact) mass is 467 g/mol. The van der Waals surface area contributed by atoms with Crippen molar-refractivity contribution in [3.63, 3.8) is 0 Å². The molecule has 32 heavy (non-hydrogen) atoms. The van der Waals surface area contributed by atoms with E-state index in [1.54, 1.807) is 13.2 Å². The molecule has 2 aromatic carbocycles. The molecule has 0 saturated carbocycles. The van der Waals surface area contributed by atoms with E-state index in [4.69, 9.17) is 26.4 Å². The molecule has 5 nitrogen and oxygen atoms in total. The zero-order chi connectivity index (χ0) is 22.9. The van der Waals surface area contributed by atoms with Crippen LogP contribution in [0.25, 0.3) is 6.08 Å². The average molecular weight is 468 g/mol. The molecule has 1 aliphatic rings. The van der Waals surface area contributed by atoms with Crippen molar-refractivity contribution >= 4 is 40.3 Å². The van der Waals surface area contributed by atoms with E-state index in [9.17, 15) is 4.79 Å². The molecule has 2 aromatic rings. The zero-order valence-electron chi connectivity index (χ0n) is 17.9. The highest BCUT2D eigenvalue weighted by atomic mass is 32.2. The minimum Gasteiger partial charge on any atom is -0.493 e. The number of thiocarbonyl (C=S) groups is 1. The van der Waals surface area contributed by atoms with Crippen molar-refractivity contribution in [1.29, 1.82) is 0 Å². The predicted molar refractivity (Wildman–Crippen MR) is 134 cm³/mol. The number of carbonyl (C=O) groups excluding carboxylic acids is 1. The van der Waals surface area contributed by atoms with Crippen LogP contribution in [0.15, 0.2) is 72.7 Å². The second-order valence-electron chi connectivity index (χ2n) is 6.83. The Morgan fingerprint density at radius 1 is 1.06 bits per heavy atom. The number of hydrogen-bond donors (Lipinski definition) is 0. The number of rotatable bonds is 11. The van der Waals surface area contributed by atoms with Crippen LogP contribution < -0.4 is 14.2 Å². The number of amides is 1. The number of allylic oxidation sites excluding steroid dienone is 1. The van der Waals surface area contributed by atoms with Crippen molar-refractivity contribution in [1.82, 2.24) is 4.90 Å². The first-order valence-corrected chi connectivity index (χ1v) is 11.3. The summed E-state index contributed by atoms with van der Waals surface area (Å²) < 4.78 is 17.6. The summed E-state index contributed by atoms with van der Waals surface area (Å²) in [6.45, 7) is 8.56. The molecule has 1 heterocycles. The minimum atomic E-state index is -0.104. The van der Waals surface area contributed by atoms with Gasteiger partial charge in [0.05, 0.1) is 12.0 Å². The fourth-order valence-corrected chi connectivity index (χ4v) is 4.34. The summed E-state index contributed by atoms with van der Waals surface area (Å²) in [5.41, 5.74) is 1.97. The van der Waals surface area contributed by atoms with E-state index >= 15 is 0 Å². The van der Waals surface area contributed by atoms with Crippen molar-refractivity contribution in [2.75, 3.05) is 26.9 Å². The summed E-state index contributed by atoms with van der Waals surface area (Å²) in [5.74, 6) is 1.93. The van der Waals surface area contributed by atoms with Gasteiger partial charge in [-0.05, 0) is 47.9 Å². The third-order valence-corrected chi connectivity index (χ3v) is 5.94. The van der Waals surface area contributed by atoms with Crippen molar-refractivity contribution in [3.05, 3.63) is 83.8 Å². The molecule has 0 aromatic heterocycles. The summed E-state index contributed by atoms with van der Waals surface area (Å²) in [5, 5.41) is 0. The van der Waals surface area contributed by atoms with E-state index in [2.05, 4.69) is 13.2 Å². The molecule has 166 valence electrons. The van der Waals surface area contributed by atoms with Gasteiger partial charge in [-0.25, -0.2) is 0 Å². The van der Waals surface area contributed by atoms with Gasteiger partial charge in [-0.1, -0.05) is 54.3 Å². The number of methoxy groups -OCH3 is 1. The maximum atomic E-state index is 12.5. The molecule has 0 aliphatic carbocycles. The van der Waals surface area contributed by atoms with Gasteiger partial charge in [0.25, 0.3) is 5.91 Å². The molecule has 0 radical (unpaired) electrons. The first-order valence-electron chi connectivity index (χ1n) is 10.1. The Balaban J connectivity index is 1.57. The molecule has 3 rings (SSSR count). The minimum absolute atomic E-state index is 0.104. The van der Waals surface area contributed by atoms with Crippen LogP contribution in [0.2, 0.25) is 0 Å². The average Bonchev–Trinajstić information content (AvgIpc) is 3.05. The molecule has 0 unspecified atom stereocenters. The second kappa shape index (κ2) is 11.5. The van der Waals surface area contributed by atoms with Crippen LogP contribution in [-0.4, -0.2) is 42.0 Å². The Labute approximate surface area is 198 Å². The molecule has 0 atom stereocenters. The third-order valence-electron chi connectivity index (χ3n) is 4.56. The van der Waals surface area contributed by atoms with E-state index in [1.807, 2.05) is 54.6 Å². The van der Waals surface area contributed by atoms with Gasteiger partial charge in [-0.3, -0.25) is 9.69 Å². The largest absolute Gasteiger partial charge is 0.493 e. The van der Waals surface area contributed by atoms with E-state index in [1.165, 1.54) is 16.7 Å². The lowest BCUT2D eigenvalue weighted by Crippen LogP contribution is -2.27. The topological polar surface area (TPSA) is 48.0 Å². The van der Waals surface area contributed by atoms with Crippen LogP contribution in [0.4, 0.5) is 0 Å². The van der Waals surface area contributed by atoms with E-state index < -0.39 is 0 Å². The van der Waals surface area contributed by atoms with Crippen molar-refractivity contribution < 1.29 is 19.0 Å². The van der Waals surface area contributed by atoms with Crippen molar-refractivity contribution in [2.45, 2.75) is 6.42 Å². The number of carbonyl (C=O) groups is 1. The molecule has 0 spiro atoms. The van der Waals surface area contributed by atoms with Gasteiger partial charge < -0.3 is 14.2 Å². The van der Waals surface area contributed by atoms with Gasteiger partial charge in [0.2, 0.25) is 0 Å². The Morgan fingerprint density at radius 3 is 2.62 bits per heavy atom. The zero-order valence-corrected chi connectivity index (χ0v) is 19.5. The Hall–Kier alpha value is -3.03. The van der Waals surface area contributed by atoms with Crippen LogP contribution in [0.5, 0.6) is 17.2 Å². The van der Waals surface area contributed by atoms with Gasteiger partial charge in [0.1, 0.15) is 23.3 Å². The quantitative estimate of drug-likeness (QED) is 0.194. The van der Waals surface area contributed by atoms with E-state index in [0.717, 1.165) is 17.5 Å². The number of nitrogens with zero attached hydrogens (tertiary/aromatic N) is 1. The first kappa shape index (κ1) is 23.6. The maximum Gasteiger partial charge on any atom is 0.266 e. The van der Waals surface area contributed by atoms with Crippen LogP contribution in [-0.2, 0) is 11.2 Å². The lowest BCUT2D eigenvalue weighted by molar-refractivity contribution is -0.121. The summed E-state index contributed by atoms with van der Waals surface area (Å²) in [6.07, 6.45) is 6.10. The van der Waals surface area contributed by atoms with Gasteiger partial charge in [0, 0.05) is 6.54 Å². The fourth-order valence-electron chi connectivity index (χ4n) is 3.07. The fraction of sp³-hybridized carbons (Fsp3) is 0.200. The number of ether oxygens (including phenoxy) is 3. The van der Waals surface area contributed by atoms with Gasteiger partial charge in [0.15, 0.2) is 11.5 Å². The SMILES string of the molecule is C=CCc1ccc(OCCOc2cccc(C=C3SC(=S)N(CC=C)C3=O)c2)c(OC)c1. The lowest BCUT2D eigenvalue weighted by atomic mass is 10.1. The second-order valence-corrected chi connectivity index (χ2v) is 8.50. The number of hydrogen-bond acceptors (Lipinski definition) is 6. The number of thioether (sulfide) groups is 1.